The van der Waals surface area contributed by atoms with Gasteiger partial charge in [0.05, 0.1) is 5.69 Å². The molecule has 1 aromatic carbocycles. The number of aliphatic carboxylic acids is 2. The van der Waals surface area contributed by atoms with Crippen LogP contribution in [0.25, 0.3) is 0 Å². The van der Waals surface area contributed by atoms with Crippen molar-refractivity contribution in [3.8, 4) is 0 Å². The van der Waals surface area contributed by atoms with E-state index in [4.69, 9.17) is 19.8 Å². The molecule has 0 aromatic heterocycles. The number of carboxylic acid groups (broad SMARTS) is 2. The topological polar surface area (TPSA) is 98.7 Å². The van der Waals surface area contributed by atoms with Crippen LogP contribution in [0.4, 0.5) is 5.69 Å². The highest BCUT2D eigenvalue weighted by molar-refractivity contribution is 6.27. The minimum Gasteiger partial charge on any atom is -0.473 e. The van der Waals surface area contributed by atoms with Gasteiger partial charge >= 0.3 is 11.9 Å². The zero-order valence-electron chi connectivity index (χ0n) is 10.4. The van der Waals surface area contributed by atoms with Crippen LogP contribution in [0.2, 0.25) is 0 Å². The molecule has 0 spiro atoms. The van der Waals surface area contributed by atoms with E-state index in [0.717, 1.165) is 13.0 Å². The molecule has 0 radical (unpaired) electrons. The van der Waals surface area contributed by atoms with E-state index in [9.17, 15) is 0 Å². The van der Waals surface area contributed by atoms with Gasteiger partial charge in [-0.25, -0.2) is 15.0 Å². The molecule has 0 amide bonds. The maximum atomic E-state index is 9.10. The molecular formula is C12H18N2O4. The summed E-state index contributed by atoms with van der Waals surface area (Å²) in [5.41, 5.74) is 8.78. The molecule has 0 aliphatic carbocycles. The van der Waals surface area contributed by atoms with Crippen molar-refractivity contribution in [2.45, 2.75) is 20.3 Å². The lowest BCUT2D eigenvalue weighted by atomic mass is 10.1. The fourth-order valence-electron chi connectivity index (χ4n) is 1.13. The Morgan fingerprint density at radius 3 is 2.11 bits per heavy atom. The monoisotopic (exact) mass is 254 g/mol. The molecule has 0 aliphatic rings. The number of hydrogen-bond acceptors (Lipinski definition) is 4. The molecular weight excluding hydrogens is 236 g/mol. The summed E-state index contributed by atoms with van der Waals surface area (Å²) in [5, 5.41) is 14.8. The van der Waals surface area contributed by atoms with Crippen molar-refractivity contribution < 1.29 is 19.8 Å². The Labute approximate surface area is 106 Å². The average molecular weight is 254 g/mol. The molecule has 100 valence electrons. The first-order valence-corrected chi connectivity index (χ1v) is 5.55. The smallest absolute Gasteiger partial charge is 0.414 e. The minimum absolute atomic E-state index is 0.929. The zero-order chi connectivity index (χ0) is 14.0. The zero-order valence-corrected chi connectivity index (χ0v) is 10.4. The van der Waals surface area contributed by atoms with Crippen molar-refractivity contribution in [1.29, 1.82) is 0 Å². The number of anilines is 1. The third kappa shape index (κ3) is 6.49. The van der Waals surface area contributed by atoms with E-state index in [-0.39, 0.29) is 0 Å². The molecule has 0 saturated carbocycles. The van der Waals surface area contributed by atoms with Crippen molar-refractivity contribution >= 4 is 17.6 Å². The fourth-order valence-corrected chi connectivity index (χ4v) is 1.13. The summed E-state index contributed by atoms with van der Waals surface area (Å²) in [4.78, 5) is 18.2. The van der Waals surface area contributed by atoms with Gasteiger partial charge in [-0.3, -0.25) is 0 Å². The van der Waals surface area contributed by atoms with E-state index >= 15 is 0 Å². The summed E-state index contributed by atoms with van der Waals surface area (Å²) < 4.78 is 0. The van der Waals surface area contributed by atoms with Gasteiger partial charge in [-0.15, -0.1) is 0 Å². The second kappa shape index (κ2) is 9.00. The summed E-state index contributed by atoms with van der Waals surface area (Å²) in [6.07, 6.45) is 1.06. The molecule has 1 rings (SSSR count). The highest BCUT2D eigenvalue weighted by Crippen LogP contribution is 2.13. The third-order valence-corrected chi connectivity index (χ3v) is 1.98. The molecule has 0 atom stereocenters. The Morgan fingerprint density at radius 2 is 1.67 bits per heavy atom. The average Bonchev–Trinajstić information content (AvgIpc) is 2.37. The number of hydrazine groups is 1. The van der Waals surface area contributed by atoms with Crippen LogP contribution in [0.15, 0.2) is 24.3 Å². The van der Waals surface area contributed by atoms with Gasteiger partial charge in [-0.2, -0.15) is 0 Å². The molecule has 0 unspecified atom stereocenters. The summed E-state index contributed by atoms with van der Waals surface area (Å²) >= 11 is 0. The fraction of sp³-hybridized carbons (Fsp3) is 0.333. The molecule has 6 heteroatoms. The third-order valence-electron chi connectivity index (χ3n) is 1.98. The summed E-state index contributed by atoms with van der Waals surface area (Å²) in [7, 11) is 0. The largest absolute Gasteiger partial charge is 0.473 e. The van der Waals surface area contributed by atoms with Crippen molar-refractivity contribution in [3.63, 3.8) is 0 Å². The molecule has 0 aliphatic heterocycles. The Balaban J connectivity index is 0.000000411. The lowest BCUT2D eigenvalue weighted by Crippen LogP contribution is -2.21. The number of nitrogens with one attached hydrogen (secondary N) is 2. The first kappa shape index (κ1) is 15.9. The van der Waals surface area contributed by atoms with Gasteiger partial charge < -0.3 is 15.6 Å². The van der Waals surface area contributed by atoms with Gasteiger partial charge in [-0.05, 0) is 18.1 Å². The van der Waals surface area contributed by atoms with Crippen molar-refractivity contribution in [3.05, 3.63) is 29.8 Å². The lowest BCUT2D eigenvalue weighted by molar-refractivity contribution is -0.159. The summed E-state index contributed by atoms with van der Waals surface area (Å²) in [6, 6.07) is 8.33. The number of benzene rings is 1. The normalized spacial score (nSPS) is 9.00. The molecule has 18 heavy (non-hydrogen) atoms. The van der Waals surface area contributed by atoms with Crippen molar-refractivity contribution in [1.82, 2.24) is 5.43 Å². The van der Waals surface area contributed by atoms with Crippen molar-refractivity contribution in [2.75, 3.05) is 12.0 Å². The van der Waals surface area contributed by atoms with Gasteiger partial charge in [0.15, 0.2) is 0 Å². The first-order valence-electron chi connectivity index (χ1n) is 5.55. The number of aryl methyl sites for hydroxylation is 1. The van der Waals surface area contributed by atoms with E-state index in [1.165, 1.54) is 11.3 Å². The van der Waals surface area contributed by atoms with Crippen LogP contribution in [0.3, 0.4) is 0 Å². The summed E-state index contributed by atoms with van der Waals surface area (Å²) in [6.45, 7) is 5.16. The van der Waals surface area contributed by atoms with Crippen LogP contribution in [-0.4, -0.2) is 28.7 Å². The second-order valence-corrected chi connectivity index (χ2v) is 3.28. The lowest BCUT2D eigenvalue weighted by Gasteiger charge is -2.09. The van der Waals surface area contributed by atoms with E-state index in [1.54, 1.807) is 0 Å². The predicted molar refractivity (Wildman–Crippen MR) is 68.4 cm³/mol. The van der Waals surface area contributed by atoms with E-state index in [0.29, 0.717) is 0 Å². The maximum absolute atomic E-state index is 9.10. The van der Waals surface area contributed by atoms with Gasteiger partial charge in [0.2, 0.25) is 0 Å². The Hall–Kier alpha value is -2.08. The molecule has 6 nitrogen and oxygen atoms in total. The van der Waals surface area contributed by atoms with Gasteiger partial charge in [0.25, 0.3) is 0 Å². The van der Waals surface area contributed by atoms with Crippen LogP contribution >= 0.6 is 0 Å². The van der Waals surface area contributed by atoms with E-state index in [1.807, 2.05) is 6.07 Å². The maximum Gasteiger partial charge on any atom is 0.414 e. The molecule has 0 bridgehead atoms. The Bertz CT molecular complexity index is 381. The highest BCUT2D eigenvalue weighted by atomic mass is 16.4. The van der Waals surface area contributed by atoms with Gasteiger partial charge in [-0.1, -0.05) is 32.0 Å². The number of hydrogen-bond donors (Lipinski definition) is 4. The standard InChI is InChI=1S/C10H16N2.C2H2O4/c1-3-9-7-5-6-8-10(9)12-11-4-2;3-1(4)2(5)6/h5-8,11-12H,3-4H2,1-2H3;(H,3,4)(H,5,6). The number of carbonyl (C=O) groups is 2. The quantitative estimate of drug-likeness (QED) is 0.478. The van der Waals surface area contributed by atoms with Crippen LogP contribution in [0, 0.1) is 0 Å². The van der Waals surface area contributed by atoms with Crippen LogP contribution in [0.1, 0.15) is 19.4 Å². The highest BCUT2D eigenvalue weighted by Gasteiger charge is 2.04. The minimum atomic E-state index is -1.82. The van der Waals surface area contributed by atoms with Crippen LogP contribution < -0.4 is 10.9 Å². The number of para-hydroxylation sites is 1. The van der Waals surface area contributed by atoms with Gasteiger partial charge in [0.1, 0.15) is 0 Å². The van der Waals surface area contributed by atoms with Crippen LogP contribution in [0.5, 0.6) is 0 Å². The molecule has 0 fully saturated rings. The number of carboxylic acids is 2. The predicted octanol–water partition coefficient (Wildman–Crippen LogP) is 1.34. The number of rotatable bonds is 4. The second-order valence-electron chi connectivity index (χ2n) is 3.28. The Kier molecular flexibility index (Phi) is 7.96. The van der Waals surface area contributed by atoms with Gasteiger partial charge in [0, 0.05) is 6.54 Å². The SMILES string of the molecule is CCNNc1ccccc1CC.O=C(O)C(=O)O. The molecule has 0 heterocycles. The first-order chi connectivity index (χ1) is 8.52. The summed E-state index contributed by atoms with van der Waals surface area (Å²) in [5.74, 6) is -3.65. The van der Waals surface area contributed by atoms with E-state index in [2.05, 4.69) is 42.9 Å². The molecule has 4 N–H and O–H groups in total. The van der Waals surface area contributed by atoms with Crippen molar-refractivity contribution in [2.24, 2.45) is 0 Å². The van der Waals surface area contributed by atoms with E-state index < -0.39 is 11.9 Å². The Morgan fingerprint density at radius 1 is 1.11 bits per heavy atom. The molecule has 0 saturated heterocycles. The molecule has 1 aromatic rings. The van der Waals surface area contributed by atoms with Crippen LogP contribution in [-0.2, 0) is 16.0 Å².